The molecule has 20 heavy (non-hydrogen) atoms. The summed E-state index contributed by atoms with van der Waals surface area (Å²) in [5.41, 5.74) is 1.25. The van der Waals surface area contributed by atoms with Gasteiger partial charge in [-0.05, 0) is 13.3 Å². The molecule has 0 spiro atoms. The Hall–Kier alpha value is -0.300. The highest BCUT2D eigenvalue weighted by Gasteiger charge is 2.22. The van der Waals surface area contributed by atoms with E-state index in [1.807, 2.05) is 23.1 Å². The summed E-state index contributed by atoms with van der Waals surface area (Å²) in [5, 5.41) is 4.63. The van der Waals surface area contributed by atoms with Gasteiger partial charge in [-0.1, -0.05) is 6.92 Å². The van der Waals surface area contributed by atoms with Crippen LogP contribution in [0.3, 0.4) is 0 Å². The Kier molecular flexibility index (Phi) is 6.61. The highest BCUT2D eigenvalue weighted by Crippen LogP contribution is 2.30. The van der Waals surface area contributed by atoms with Crippen LogP contribution in [-0.4, -0.2) is 49.3 Å². The number of hydrogen-bond donors (Lipinski definition) is 1. The zero-order valence-corrected chi connectivity index (χ0v) is 14.3. The van der Waals surface area contributed by atoms with Gasteiger partial charge in [-0.2, -0.15) is 11.8 Å². The lowest BCUT2D eigenvalue weighted by Gasteiger charge is -2.32. The lowest BCUT2D eigenvalue weighted by Crippen LogP contribution is -2.40. The minimum Gasteiger partial charge on any atom is -0.383 e. The highest BCUT2D eigenvalue weighted by molar-refractivity contribution is 7.99. The standard InChI is InChI=1S/C14H25N3OS2/c1-4-12-13(9-15-5-7-18-3)20-14(16-12)17-6-8-19-10-11(17)2/h11,15H,4-10H2,1-3H3. The van der Waals surface area contributed by atoms with Gasteiger partial charge < -0.3 is 15.0 Å². The summed E-state index contributed by atoms with van der Waals surface area (Å²) in [5.74, 6) is 2.43. The molecule has 1 unspecified atom stereocenters. The van der Waals surface area contributed by atoms with Crippen LogP contribution in [0.5, 0.6) is 0 Å². The summed E-state index contributed by atoms with van der Waals surface area (Å²) in [6, 6.07) is 0.596. The number of ether oxygens (including phenoxy) is 1. The highest BCUT2D eigenvalue weighted by atomic mass is 32.2. The molecule has 1 saturated heterocycles. The Morgan fingerprint density at radius 1 is 1.50 bits per heavy atom. The van der Waals surface area contributed by atoms with Gasteiger partial charge in [-0.15, -0.1) is 11.3 Å². The average molecular weight is 316 g/mol. The average Bonchev–Trinajstić information content (AvgIpc) is 2.87. The van der Waals surface area contributed by atoms with E-state index in [1.54, 1.807) is 7.11 Å². The summed E-state index contributed by atoms with van der Waals surface area (Å²) in [7, 11) is 1.74. The zero-order valence-electron chi connectivity index (χ0n) is 12.6. The van der Waals surface area contributed by atoms with Gasteiger partial charge in [-0.3, -0.25) is 0 Å². The molecule has 0 amide bonds. The van der Waals surface area contributed by atoms with Gasteiger partial charge in [0.15, 0.2) is 5.13 Å². The van der Waals surface area contributed by atoms with Crippen molar-refractivity contribution in [2.45, 2.75) is 32.9 Å². The van der Waals surface area contributed by atoms with Crippen LogP contribution in [-0.2, 0) is 17.7 Å². The van der Waals surface area contributed by atoms with Gasteiger partial charge in [0.2, 0.25) is 0 Å². The second-order valence-electron chi connectivity index (χ2n) is 5.01. The van der Waals surface area contributed by atoms with Crippen LogP contribution < -0.4 is 10.2 Å². The number of rotatable bonds is 7. The third kappa shape index (κ3) is 4.10. The van der Waals surface area contributed by atoms with Crippen LogP contribution in [0.2, 0.25) is 0 Å². The first-order valence-corrected chi connectivity index (χ1v) is 9.26. The first-order valence-electron chi connectivity index (χ1n) is 7.28. The predicted octanol–water partition coefficient (Wildman–Crippen LogP) is 2.38. The molecule has 0 aliphatic carbocycles. The Morgan fingerprint density at radius 3 is 3.05 bits per heavy atom. The number of aryl methyl sites for hydroxylation is 1. The lowest BCUT2D eigenvalue weighted by atomic mass is 10.3. The first kappa shape index (κ1) is 16.1. The molecule has 0 radical (unpaired) electrons. The number of nitrogens with one attached hydrogen (secondary N) is 1. The van der Waals surface area contributed by atoms with Gasteiger partial charge in [-0.25, -0.2) is 4.98 Å². The van der Waals surface area contributed by atoms with E-state index in [1.165, 1.54) is 27.2 Å². The van der Waals surface area contributed by atoms with Crippen LogP contribution in [0, 0.1) is 0 Å². The maximum Gasteiger partial charge on any atom is 0.186 e. The third-order valence-electron chi connectivity index (χ3n) is 3.48. The van der Waals surface area contributed by atoms with Crippen LogP contribution >= 0.6 is 23.1 Å². The number of hydrogen-bond acceptors (Lipinski definition) is 6. The van der Waals surface area contributed by atoms with Crippen molar-refractivity contribution in [3.8, 4) is 0 Å². The number of thiazole rings is 1. The number of aromatic nitrogens is 1. The van der Waals surface area contributed by atoms with E-state index < -0.39 is 0 Å². The quantitative estimate of drug-likeness (QED) is 0.782. The lowest BCUT2D eigenvalue weighted by molar-refractivity contribution is 0.199. The predicted molar refractivity (Wildman–Crippen MR) is 89.2 cm³/mol. The summed E-state index contributed by atoms with van der Waals surface area (Å²) in [6.07, 6.45) is 1.01. The van der Waals surface area contributed by atoms with Gasteiger partial charge in [0.05, 0.1) is 12.3 Å². The molecular formula is C14H25N3OS2. The van der Waals surface area contributed by atoms with Crippen molar-refractivity contribution in [2.75, 3.05) is 43.2 Å². The van der Waals surface area contributed by atoms with Crippen molar-refractivity contribution >= 4 is 28.2 Å². The number of anilines is 1. The van der Waals surface area contributed by atoms with Crippen molar-refractivity contribution in [1.29, 1.82) is 0 Å². The second kappa shape index (κ2) is 8.22. The minimum absolute atomic E-state index is 0.596. The van der Waals surface area contributed by atoms with Crippen molar-refractivity contribution < 1.29 is 4.74 Å². The summed E-state index contributed by atoms with van der Waals surface area (Å²) < 4.78 is 5.07. The number of thioether (sulfide) groups is 1. The van der Waals surface area contributed by atoms with Crippen molar-refractivity contribution in [1.82, 2.24) is 10.3 Å². The molecule has 0 aromatic carbocycles. The fraction of sp³-hybridized carbons (Fsp3) is 0.786. The minimum atomic E-state index is 0.596. The molecule has 2 heterocycles. The molecule has 0 saturated carbocycles. The van der Waals surface area contributed by atoms with Crippen molar-refractivity contribution in [3.05, 3.63) is 10.6 Å². The van der Waals surface area contributed by atoms with Crippen LogP contribution in [0.1, 0.15) is 24.4 Å². The van der Waals surface area contributed by atoms with E-state index in [0.29, 0.717) is 6.04 Å². The first-order chi connectivity index (χ1) is 9.76. The second-order valence-corrected chi connectivity index (χ2v) is 7.22. The largest absolute Gasteiger partial charge is 0.383 e. The van der Waals surface area contributed by atoms with E-state index in [2.05, 4.69) is 24.1 Å². The number of nitrogens with zero attached hydrogens (tertiary/aromatic N) is 2. The van der Waals surface area contributed by atoms with Crippen molar-refractivity contribution in [2.24, 2.45) is 0 Å². The topological polar surface area (TPSA) is 37.4 Å². The van der Waals surface area contributed by atoms with Crippen molar-refractivity contribution in [3.63, 3.8) is 0 Å². The number of methoxy groups -OCH3 is 1. The molecule has 1 aliphatic heterocycles. The molecule has 2 rings (SSSR count). The van der Waals surface area contributed by atoms with E-state index in [4.69, 9.17) is 9.72 Å². The molecule has 114 valence electrons. The summed E-state index contributed by atoms with van der Waals surface area (Å²) >= 11 is 3.90. The SMILES string of the molecule is CCc1nc(N2CCSCC2C)sc1CNCCOC. The normalized spacial score (nSPS) is 19.6. The van der Waals surface area contributed by atoms with Crippen LogP contribution in [0.15, 0.2) is 0 Å². The molecule has 6 heteroatoms. The monoisotopic (exact) mass is 315 g/mol. The molecule has 1 aromatic rings. The molecule has 1 atom stereocenters. The molecule has 4 nitrogen and oxygen atoms in total. The van der Waals surface area contributed by atoms with E-state index in [-0.39, 0.29) is 0 Å². The van der Waals surface area contributed by atoms with Gasteiger partial charge in [0, 0.05) is 49.2 Å². The van der Waals surface area contributed by atoms with Crippen LogP contribution in [0.25, 0.3) is 0 Å². The molecule has 1 N–H and O–H groups in total. The Balaban J connectivity index is 2.01. The Labute approximate surface area is 130 Å². The van der Waals surface area contributed by atoms with Gasteiger partial charge in [0.1, 0.15) is 0 Å². The van der Waals surface area contributed by atoms with E-state index in [9.17, 15) is 0 Å². The Bertz CT molecular complexity index is 411. The van der Waals surface area contributed by atoms with Gasteiger partial charge >= 0.3 is 0 Å². The molecule has 1 aliphatic rings. The van der Waals surface area contributed by atoms with Crippen LogP contribution in [0.4, 0.5) is 5.13 Å². The van der Waals surface area contributed by atoms with E-state index in [0.717, 1.165) is 32.7 Å². The molecule has 1 fully saturated rings. The van der Waals surface area contributed by atoms with E-state index >= 15 is 0 Å². The fourth-order valence-corrected chi connectivity index (χ4v) is 4.55. The molecule has 0 bridgehead atoms. The third-order valence-corrected chi connectivity index (χ3v) is 5.81. The summed E-state index contributed by atoms with van der Waals surface area (Å²) in [4.78, 5) is 8.72. The maximum atomic E-state index is 5.07. The smallest absolute Gasteiger partial charge is 0.186 e. The zero-order chi connectivity index (χ0) is 14.4. The van der Waals surface area contributed by atoms with Gasteiger partial charge in [0.25, 0.3) is 0 Å². The fourth-order valence-electron chi connectivity index (χ4n) is 2.29. The summed E-state index contributed by atoms with van der Waals surface area (Å²) in [6.45, 7) is 8.17. The molecule has 1 aromatic heterocycles. The molecular weight excluding hydrogens is 290 g/mol. The maximum absolute atomic E-state index is 5.07. The Morgan fingerprint density at radius 2 is 2.35 bits per heavy atom.